The third kappa shape index (κ3) is 4.07. The summed E-state index contributed by atoms with van der Waals surface area (Å²) in [6.07, 6.45) is 10.5. The first-order valence-corrected chi connectivity index (χ1v) is 9.07. The molecule has 2 aromatic heterocycles. The topological polar surface area (TPSA) is 85.8 Å². The number of rotatable bonds is 4. The van der Waals surface area contributed by atoms with Crippen molar-refractivity contribution in [3.63, 3.8) is 0 Å². The van der Waals surface area contributed by atoms with Crippen LogP contribution in [0.5, 0.6) is 0 Å². The quantitative estimate of drug-likeness (QED) is 0.837. The third-order valence-electron chi connectivity index (χ3n) is 5.12. The predicted molar refractivity (Wildman–Crippen MR) is 99.0 cm³/mol. The van der Waals surface area contributed by atoms with E-state index >= 15 is 0 Å². The maximum atomic E-state index is 12.5. The van der Waals surface area contributed by atoms with Crippen LogP contribution in [0.15, 0.2) is 24.5 Å². The van der Waals surface area contributed by atoms with Gasteiger partial charge < -0.3 is 11.1 Å². The molecule has 0 unspecified atom stereocenters. The summed E-state index contributed by atoms with van der Waals surface area (Å²) in [5.74, 6) is 0.681. The van der Waals surface area contributed by atoms with Gasteiger partial charge in [0.2, 0.25) is 5.91 Å². The number of nitrogens with two attached hydrogens (primary N) is 1. The molecular formula is C19H27N5O. The molecule has 3 rings (SSSR count). The maximum absolute atomic E-state index is 12.5. The van der Waals surface area contributed by atoms with Crippen molar-refractivity contribution in [3.8, 4) is 11.3 Å². The monoisotopic (exact) mass is 341 g/mol. The van der Waals surface area contributed by atoms with Gasteiger partial charge in [0.1, 0.15) is 5.82 Å². The predicted octanol–water partition coefficient (Wildman–Crippen LogP) is 3.03. The molecule has 1 fully saturated rings. The zero-order valence-corrected chi connectivity index (χ0v) is 15.0. The molecule has 0 aliphatic heterocycles. The summed E-state index contributed by atoms with van der Waals surface area (Å²) in [5.41, 5.74) is 9.30. The highest BCUT2D eigenvalue weighted by molar-refractivity contribution is 5.94. The normalized spacial score (nSPS) is 17.1. The Hall–Kier alpha value is -2.21. The summed E-state index contributed by atoms with van der Waals surface area (Å²) in [6.45, 7) is 2.02. The number of amides is 1. The summed E-state index contributed by atoms with van der Waals surface area (Å²) < 4.78 is 1.83. The fourth-order valence-electron chi connectivity index (χ4n) is 3.66. The van der Waals surface area contributed by atoms with E-state index in [2.05, 4.69) is 15.4 Å². The minimum Gasteiger partial charge on any atom is -0.320 e. The Kier molecular flexibility index (Phi) is 5.48. The average Bonchev–Trinajstić information content (AvgIpc) is 2.82. The van der Waals surface area contributed by atoms with Gasteiger partial charge in [0.25, 0.3) is 0 Å². The zero-order chi connectivity index (χ0) is 17.8. The van der Waals surface area contributed by atoms with Crippen LogP contribution in [-0.4, -0.2) is 26.7 Å². The molecule has 1 atom stereocenters. The second kappa shape index (κ2) is 7.78. The summed E-state index contributed by atoms with van der Waals surface area (Å²) in [5, 5.41) is 7.11. The van der Waals surface area contributed by atoms with Crippen molar-refractivity contribution in [3.05, 3.63) is 30.1 Å². The minimum atomic E-state index is -0.459. The van der Waals surface area contributed by atoms with Crippen molar-refractivity contribution in [1.82, 2.24) is 14.8 Å². The highest BCUT2D eigenvalue weighted by Crippen LogP contribution is 2.26. The molecular weight excluding hydrogens is 314 g/mol. The van der Waals surface area contributed by atoms with Gasteiger partial charge in [-0.05, 0) is 43.4 Å². The van der Waals surface area contributed by atoms with Gasteiger partial charge in [0.05, 0.1) is 17.9 Å². The molecule has 6 nitrogen and oxygen atoms in total. The largest absolute Gasteiger partial charge is 0.320 e. The second-order valence-electron chi connectivity index (χ2n) is 7.00. The lowest BCUT2D eigenvalue weighted by molar-refractivity contribution is -0.118. The number of carbonyl (C=O) groups excluding carboxylic acids is 1. The van der Waals surface area contributed by atoms with E-state index in [1.54, 1.807) is 6.20 Å². The van der Waals surface area contributed by atoms with Crippen LogP contribution in [0.1, 0.15) is 44.1 Å². The number of hydrogen-bond acceptors (Lipinski definition) is 4. The van der Waals surface area contributed by atoms with Gasteiger partial charge in [-0.15, -0.1) is 0 Å². The lowest BCUT2D eigenvalue weighted by Crippen LogP contribution is -2.42. The highest BCUT2D eigenvalue weighted by atomic mass is 16.2. The number of carbonyl (C=O) groups is 1. The van der Waals surface area contributed by atoms with Crippen molar-refractivity contribution in [2.45, 2.75) is 51.5 Å². The smallest absolute Gasteiger partial charge is 0.242 e. The van der Waals surface area contributed by atoms with E-state index in [1.807, 2.05) is 37.0 Å². The van der Waals surface area contributed by atoms with Crippen LogP contribution in [0.2, 0.25) is 0 Å². The van der Waals surface area contributed by atoms with Crippen molar-refractivity contribution < 1.29 is 4.79 Å². The molecule has 2 heterocycles. The van der Waals surface area contributed by atoms with Gasteiger partial charge in [-0.2, -0.15) is 5.10 Å². The molecule has 0 bridgehead atoms. The van der Waals surface area contributed by atoms with Gasteiger partial charge >= 0.3 is 0 Å². The molecule has 0 spiro atoms. The number of pyridine rings is 1. The lowest BCUT2D eigenvalue weighted by atomic mass is 9.92. The zero-order valence-electron chi connectivity index (χ0n) is 15.0. The van der Waals surface area contributed by atoms with Crippen LogP contribution in [0.25, 0.3) is 11.3 Å². The molecule has 1 saturated carbocycles. The Morgan fingerprint density at radius 2 is 1.96 bits per heavy atom. The number of aromatic nitrogens is 3. The molecule has 1 aliphatic rings. The Labute approximate surface area is 148 Å². The summed E-state index contributed by atoms with van der Waals surface area (Å²) in [4.78, 5) is 16.8. The first kappa shape index (κ1) is 17.6. The van der Waals surface area contributed by atoms with Gasteiger partial charge in [-0.3, -0.25) is 9.48 Å². The molecule has 0 radical (unpaired) electrons. The number of nitrogens with one attached hydrogen (secondary N) is 1. The Morgan fingerprint density at radius 1 is 1.24 bits per heavy atom. The average molecular weight is 341 g/mol. The molecule has 6 heteroatoms. The molecule has 1 aliphatic carbocycles. The van der Waals surface area contributed by atoms with Crippen molar-refractivity contribution in [1.29, 1.82) is 0 Å². The Balaban J connectivity index is 1.65. The second-order valence-corrected chi connectivity index (χ2v) is 7.00. The number of aryl methyl sites for hydroxylation is 2. The summed E-state index contributed by atoms with van der Waals surface area (Å²) >= 11 is 0. The van der Waals surface area contributed by atoms with E-state index in [-0.39, 0.29) is 11.8 Å². The summed E-state index contributed by atoms with van der Waals surface area (Å²) in [7, 11) is 1.91. The molecule has 2 aromatic rings. The summed E-state index contributed by atoms with van der Waals surface area (Å²) in [6, 6.07) is 3.31. The number of hydrogen-bond donors (Lipinski definition) is 2. The van der Waals surface area contributed by atoms with Gasteiger partial charge in [0.15, 0.2) is 0 Å². The SMILES string of the molecule is Cc1cnn(C)c1-c1ccc(NC(=O)[C@@H](N)C2CCCCCC2)nc1. The van der Waals surface area contributed by atoms with E-state index in [0.29, 0.717) is 5.82 Å². The first-order valence-electron chi connectivity index (χ1n) is 9.07. The van der Waals surface area contributed by atoms with Crippen molar-refractivity contribution in [2.75, 3.05) is 5.32 Å². The number of nitrogens with zero attached hydrogens (tertiary/aromatic N) is 3. The van der Waals surface area contributed by atoms with Crippen LogP contribution in [0.4, 0.5) is 5.82 Å². The minimum absolute atomic E-state index is 0.135. The van der Waals surface area contributed by atoms with Crippen molar-refractivity contribution >= 4 is 11.7 Å². The molecule has 3 N–H and O–H groups in total. The fraction of sp³-hybridized carbons (Fsp3) is 0.526. The highest BCUT2D eigenvalue weighted by Gasteiger charge is 2.25. The molecule has 1 amide bonds. The van der Waals surface area contributed by atoms with Crippen LogP contribution in [0.3, 0.4) is 0 Å². The van der Waals surface area contributed by atoms with Crippen LogP contribution >= 0.6 is 0 Å². The van der Waals surface area contributed by atoms with E-state index in [1.165, 1.54) is 25.7 Å². The van der Waals surface area contributed by atoms with E-state index in [0.717, 1.165) is 29.7 Å². The standard InChI is InChI=1S/C19H27N5O/c1-13-11-22-24(2)18(13)15-9-10-16(21-12-15)23-19(25)17(20)14-7-5-3-4-6-8-14/h9-12,14,17H,3-8,20H2,1-2H3,(H,21,23,25)/t17-/m0/s1. The van der Waals surface area contributed by atoms with E-state index < -0.39 is 6.04 Å². The fourth-order valence-corrected chi connectivity index (χ4v) is 3.66. The molecule has 0 saturated heterocycles. The molecule has 134 valence electrons. The Bertz CT molecular complexity index is 694. The third-order valence-corrected chi connectivity index (χ3v) is 5.12. The van der Waals surface area contributed by atoms with Gasteiger partial charge in [-0.25, -0.2) is 4.98 Å². The van der Waals surface area contributed by atoms with Gasteiger partial charge in [0, 0.05) is 18.8 Å². The van der Waals surface area contributed by atoms with Crippen LogP contribution < -0.4 is 11.1 Å². The van der Waals surface area contributed by atoms with Crippen molar-refractivity contribution in [2.24, 2.45) is 18.7 Å². The van der Waals surface area contributed by atoms with Crippen LogP contribution in [0, 0.1) is 12.8 Å². The van der Waals surface area contributed by atoms with Gasteiger partial charge in [-0.1, -0.05) is 25.7 Å². The molecule has 25 heavy (non-hydrogen) atoms. The first-order chi connectivity index (χ1) is 12.1. The maximum Gasteiger partial charge on any atom is 0.242 e. The Morgan fingerprint density at radius 3 is 2.52 bits per heavy atom. The lowest BCUT2D eigenvalue weighted by Gasteiger charge is -2.21. The van der Waals surface area contributed by atoms with E-state index in [9.17, 15) is 4.79 Å². The van der Waals surface area contributed by atoms with Crippen LogP contribution in [-0.2, 0) is 11.8 Å². The number of anilines is 1. The molecule has 0 aromatic carbocycles. The van der Waals surface area contributed by atoms with E-state index in [4.69, 9.17) is 5.73 Å².